The summed E-state index contributed by atoms with van der Waals surface area (Å²) < 4.78 is 32.4. The summed E-state index contributed by atoms with van der Waals surface area (Å²) in [5.41, 5.74) is 6.88. The van der Waals surface area contributed by atoms with Gasteiger partial charge in [-0.3, -0.25) is 0 Å². The molecule has 0 spiro atoms. The van der Waals surface area contributed by atoms with Crippen LogP contribution in [0.1, 0.15) is 24.5 Å². The summed E-state index contributed by atoms with van der Waals surface area (Å²) in [5.74, 6) is 0. The van der Waals surface area contributed by atoms with E-state index >= 15 is 0 Å². The number of thiocarbonyl (C=S) groups is 1. The van der Waals surface area contributed by atoms with Gasteiger partial charge in [0.25, 0.3) is 0 Å². The van der Waals surface area contributed by atoms with E-state index in [2.05, 4.69) is 0 Å². The molecule has 0 saturated carbocycles. The van der Waals surface area contributed by atoms with Crippen molar-refractivity contribution in [3.8, 4) is 0 Å². The molecule has 0 aliphatic carbocycles. The molecule has 1 aliphatic rings. The van der Waals surface area contributed by atoms with Gasteiger partial charge in [0, 0.05) is 19.2 Å². The van der Waals surface area contributed by atoms with Gasteiger partial charge < -0.3 is 10.5 Å². The molecule has 1 aromatic carbocycles. The van der Waals surface area contributed by atoms with Gasteiger partial charge in [-0.2, -0.15) is 4.31 Å². The molecule has 1 fully saturated rings. The highest BCUT2D eigenvalue weighted by molar-refractivity contribution is 7.89. The number of sulfonamides is 1. The van der Waals surface area contributed by atoms with Crippen molar-refractivity contribution >= 4 is 27.2 Å². The minimum atomic E-state index is -3.56. The van der Waals surface area contributed by atoms with Crippen molar-refractivity contribution in [2.24, 2.45) is 5.73 Å². The van der Waals surface area contributed by atoms with Crippen molar-refractivity contribution in [3.05, 3.63) is 29.3 Å². The molecule has 1 aliphatic heterocycles. The van der Waals surface area contributed by atoms with Crippen LogP contribution in [0.3, 0.4) is 0 Å². The Morgan fingerprint density at radius 3 is 2.62 bits per heavy atom. The molecule has 21 heavy (non-hydrogen) atoms. The van der Waals surface area contributed by atoms with Crippen molar-refractivity contribution in [2.75, 3.05) is 13.7 Å². The maximum atomic E-state index is 12.8. The molecule has 0 radical (unpaired) electrons. The summed E-state index contributed by atoms with van der Waals surface area (Å²) in [6.07, 6.45) is 0.613. The molecule has 2 rings (SSSR count). The maximum absolute atomic E-state index is 12.8. The molecule has 5 nitrogen and oxygen atoms in total. The van der Waals surface area contributed by atoms with Crippen LogP contribution in [0.4, 0.5) is 0 Å². The molecule has 2 atom stereocenters. The second kappa shape index (κ2) is 6.00. The van der Waals surface area contributed by atoms with Crippen LogP contribution in [0, 0.1) is 6.92 Å². The smallest absolute Gasteiger partial charge is 0.243 e. The van der Waals surface area contributed by atoms with Crippen LogP contribution in [-0.2, 0) is 14.8 Å². The van der Waals surface area contributed by atoms with Crippen LogP contribution in [-0.4, -0.2) is 43.5 Å². The predicted molar refractivity (Wildman–Crippen MR) is 85.8 cm³/mol. The van der Waals surface area contributed by atoms with Crippen LogP contribution >= 0.6 is 12.2 Å². The first-order valence-electron chi connectivity index (χ1n) is 6.75. The normalized spacial score (nSPS) is 22.7. The van der Waals surface area contributed by atoms with E-state index in [0.29, 0.717) is 24.2 Å². The molecule has 2 N–H and O–H groups in total. The van der Waals surface area contributed by atoms with E-state index in [4.69, 9.17) is 22.7 Å². The second-order valence-corrected chi connectivity index (χ2v) is 7.70. The van der Waals surface area contributed by atoms with E-state index in [1.165, 1.54) is 4.31 Å². The van der Waals surface area contributed by atoms with Gasteiger partial charge in [-0.25, -0.2) is 8.42 Å². The Labute approximate surface area is 131 Å². The summed E-state index contributed by atoms with van der Waals surface area (Å²) in [5, 5.41) is 0. The Kier molecular flexibility index (Phi) is 4.67. The number of rotatable bonds is 4. The van der Waals surface area contributed by atoms with E-state index in [0.717, 1.165) is 0 Å². The summed E-state index contributed by atoms with van der Waals surface area (Å²) in [6, 6.07) is 4.78. The number of nitrogens with zero attached hydrogens (tertiary/aromatic N) is 1. The van der Waals surface area contributed by atoms with Gasteiger partial charge in [-0.1, -0.05) is 18.3 Å². The van der Waals surface area contributed by atoms with Crippen molar-refractivity contribution in [1.82, 2.24) is 4.31 Å². The second-order valence-electron chi connectivity index (χ2n) is 5.30. The Morgan fingerprint density at radius 1 is 1.48 bits per heavy atom. The highest BCUT2D eigenvalue weighted by Gasteiger charge is 2.35. The van der Waals surface area contributed by atoms with Gasteiger partial charge >= 0.3 is 0 Å². The Balaban J connectivity index is 2.37. The molecule has 1 heterocycles. The predicted octanol–water partition coefficient (Wildman–Crippen LogP) is 1.43. The monoisotopic (exact) mass is 328 g/mol. The lowest BCUT2D eigenvalue weighted by atomic mass is 10.1. The zero-order valence-electron chi connectivity index (χ0n) is 12.4. The number of hydrogen-bond acceptors (Lipinski definition) is 4. The van der Waals surface area contributed by atoms with Gasteiger partial charge in [-0.15, -0.1) is 0 Å². The van der Waals surface area contributed by atoms with E-state index in [1.807, 2.05) is 6.92 Å². The fourth-order valence-corrected chi connectivity index (χ4v) is 4.40. The highest BCUT2D eigenvalue weighted by atomic mass is 32.2. The first kappa shape index (κ1) is 16.4. The minimum absolute atomic E-state index is 0.0963. The van der Waals surface area contributed by atoms with Gasteiger partial charge in [0.2, 0.25) is 10.0 Å². The number of benzene rings is 1. The lowest BCUT2D eigenvalue weighted by Gasteiger charge is -2.26. The average molecular weight is 328 g/mol. The highest BCUT2D eigenvalue weighted by Crippen LogP contribution is 2.26. The minimum Gasteiger partial charge on any atom is -0.389 e. The lowest BCUT2D eigenvalue weighted by Crippen LogP contribution is -2.41. The molecule has 0 bridgehead atoms. The Bertz CT molecular complexity index is 658. The largest absolute Gasteiger partial charge is 0.389 e. The molecule has 1 aromatic rings. The van der Waals surface area contributed by atoms with Crippen LogP contribution in [0.5, 0.6) is 0 Å². The van der Waals surface area contributed by atoms with E-state index in [-0.39, 0.29) is 22.0 Å². The molecule has 2 unspecified atom stereocenters. The van der Waals surface area contributed by atoms with E-state index in [9.17, 15) is 8.42 Å². The quantitative estimate of drug-likeness (QED) is 0.847. The molecule has 0 amide bonds. The topological polar surface area (TPSA) is 72.6 Å². The number of ether oxygens (including phenoxy) is 1. The average Bonchev–Trinajstić information content (AvgIpc) is 2.83. The van der Waals surface area contributed by atoms with Gasteiger partial charge in [-0.05, 0) is 38.0 Å². The van der Waals surface area contributed by atoms with E-state index in [1.54, 1.807) is 32.2 Å². The standard InChI is InChI=1S/C14H20N2O3S2/c1-9-8-11(14(15)20)4-5-13(9)21(17,18)16(3)12-6-7-19-10(12)2/h4-5,8,10,12H,6-7H2,1-3H3,(H2,15,20). The van der Waals surface area contributed by atoms with Gasteiger partial charge in [0.1, 0.15) is 4.99 Å². The Hall–Kier alpha value is -1.02. The lowest BCUT2D eigenvalue weighted by molar-refractivity contribution is 0.102. The SMILES string of the molecule is Cc1cc(C(N)=S)ccc1S(=O)(=O)N(C)C1CCOC1C. The number of aryl methyl sites for hydroxylation is 1. The van der Waals surface area contributed by atoms with Crippen molar-refractivity contribution in [3.63, 3.8) is 0 Å². The Morgan fingerprint density at radius 2 is 2.14 bits per heavy atom. The summed E-state index contributed by atoms with van der Waals surface area (Å²) in [7, 11) is -1.96. The van der Waals surface area contributed by atoms with Gasteiger partial charge in [0.05, 0.1) is 17.0 Å². The zero-order chi connectivity index (χ0) is 15.8. The zero-order valence-corrected chi connectivity index (χ0v) is 14.0. The summed E-state index contributed by atoms with van der Waals surface area (Å²) in [4.78, 5) is 0.539. The molecule has 1 saturated heterocycles. The molecular formula is C14H20N2O3S2. The first-order valence-corrected chi connectivity index (χ1v) is 8.60. The number of likely N-dealkylation sites (N-methyl/N-ethyl adjacent to an activating group) is 1. The third-order valence-corrected chi connectivity index (χ3v) is 6.20. The molecular weight excluding hydrogens is 308 g/mol. The third-order valence-electron chi connectivity index (χ3n) is 3.92. The van der Waals surface area contributed by atoms with Crippen molar-refractivity contribution in [1.29, 1.82) is 0 Å². The number of nitrogens with two attached hydrogens (primary N) is 1. The third kappa shape index (κ3) is 3.11. The number of hydrogen-bond donors (Lipinski definition) is 1. The molecule has 116 valence electrons. The first-order chi connectivity index (χ1) is 9.75. The molecule has 0 aromatic heterocycles. The summed E-state index contributed by atoms with van der Waals surface area (Å²) in [6.45, 7) is 4.23. The molecule has 7 heteroatoms. The fraction of sp³-hybridized carbons (Fsp3) is 0.500. The maximum Gasteiger partial charge on any atom is 0.243 e. The van der Waals surface area contributed by atoms with Crippen molar-refractivity contribution in [2.45, 2.75) is 37.3 Å². The van der Waals surface area contributed by atoms with Crippen LogP contribution in [0.15, 0.2) is 23.1 Å². The fourth-order valence-electron chi connectivity index (χ4n) is 2.62. The van der Waals surface area contributed by atoms with E-state index < -0.39 is 10.0 Å². The van der Waals surface area contributed by atoms with Crippen molar-refractivity contribution < 1.29 is 13.2 Å². The summed E-state index contributed by atoms with van der Waals surface area (Å²) >= 11 is 4.91. The van der Waals surface area contributed by atoms with Crippen LogP contribution in [0.2, 0.25) is 0 Å². The van der Waals surface area contributed by atoms with Crippen LogP contribution in [0.25, 0.3) is 0 Å². The van der Waals surface area contributed by atoms with Crippen LogP contribution < -0.4 is 5.73 Å². The van der Waals surface area contributed by atoms with Gasteiger partial charge in [0.15, 0.2) is 0 Å².